The molecule has 0 aliphatic carbocycles. The van der Waals surface area contributed by atoms with Crippen molar-refractivity contribution in [3.63, 3.8) is 0 Å². The minimum absolute atomic E-state index is 0.0811. The molecule has 1 rings (SSSR count). The van der Waals surface area contributed by atoms with Crippen molar-refractivity contribution in [3.05, 3.63) is 16.5 Å². The maximum Gasteiger partial charge on any atom is 0.240 e. The molecule has 0 saturated carbocycles. The number of methoxy groups -OCH3 is 1. The summed E-state index contributed by atoms with van der Waals surface area (Å²) >= 11 is 0. The first kappa shape index (κ1) is 12.4. The van der Waals surface area contributed by atoms with Crippen LogP contribution in [0.2, 0.25) is 0 Å². The van der Waals surface area contributed by atoms with Gasteiger partial charge in [-0.25, -0.2) is 4.98 Å². The molecule has 0 bridgehead atoms. The van der Waals surface area contributed by atoms with E-state index in [0.29, 0.717) is 23.8 Å². The summed E-state index contributed by atoms with van der Waals surface area (Å²) in [5.74, 6) is 0.666. The van der Waals surface area contributed by atoms with Crippen LogP contribution in [0.3, 0.4) is 0 Å². The Morgan fingerprint density at radius 1 is 1.56 bits per heavy atom. The van der Waals surface area contributed by atoms with E-state index in [-0.39, 0.29) is 12.5 Å². The van der Waals surface area contributed by atoms with Crippen LogP contribution < -0.4 is 16.0 Å². The second-order valence-corrected chi connectivity index (χ2v) is 3.48. The van der Waals surface area contributed by atoms with Gasteiger partial charge in [0.05, 0.1) is 17.3 Å². The third-order valence-corrected chi connectivity index (χ3v) is 2.28. The third-order valence-electron chi connectivity index (χ3n) is 2.28. The van der Waals surface area contributed by atoms with Crippen LogP contribution in [-0.4, -0.2) is 35.7 Å². The quantitative estimate of drug-likeness (QED) is 0.636. The zero-order valence-electron chi connectivity index (χ0n) is 9.75. The van der Waals surface area contributed by atoms with Crippen LogP contribution in [-0.2, 0) is 16.1 Å². The molecule has 0 aliphatic heterocycles. The van der Waals surface area contributed by atoms with Crippen molar-refractivity contribution < 1.29 is 9.53 Å². The summed E-state index contributed by atoms with van der Waals surface area (Å²) in [7, 11) is 1.59. The zero-order chi connectivity index (χ0) is 12.1. The van der Waals surface area contributed by atoms with Crippen LogP contribution in [0.25, 0.3) is 13.2 Å². The third kappa shape index (κ3) is 2.93. The van der Waals surface area contributed by atoms with Crippen molar-refractivity contribution in [1.29, 1.82) is 0 Å². The monoisotopic (exact) mass is 223 g/mol. The number of carbonyl (C=O) groups is 1. The fraction of sp³-hybridized carbons (Fsp3) is 0.455. The van der Waals surface area contributed by atoms with E-state index >= 15 is 0 Å². The predicted octanol–water partition coefficient (Wildman–Crippen LogP) is -1.23. The van der Waals surface area contributed by atoms with E-state index in [1.54, 1.807) is 11.7 Å². The minimum atomic E-state index is -0.0811. The van der Waals surface area contributed by atoms with Crippen LogP contribution in [0.5, 0.6) is 0 Å². The Kier molecular flexibility index (Phi) is 4.25. The first-order valence-electron chi connectivity index (χ1n) is 5.03. The summed E-state index contributed by atoms with van der Waals surface area (Å²) in [5, 5.41) is 4.03. The van der Waals surface area contributed by atoms with Crippen LogP contribution in [0.1, 0.15) is 5.82 Å². The molecule has 1 N–H and O–H groups in total. The summed E-state index contributed by atoms with van der Waals surface area (Å²) in [6, 6.07) is 0. The van der Waals surface area contributed by atoms with Gasteiger partial charge in [0.1, 0.15) is 12.4 Å². The first-order chi connectivity index (χ1) is 7.56. The lowest BCUT2D eigenvalue weighted by Crippen LogP contribution is -2.35. The fourth-order valence-electron chi connectivity index (χ4n) is 1.37. The van der Waals surface area contributed by atoms with E-state index in [4.69, 9.17) is 4.74 Å². The van der Waals surface area contributed by atoms with Gasteiger partial charge in [-0.3, -0.25) is 4.79 Å². The lowest BCUT2D eigenvalue weighted by atomic mass is 10.5. The van der Waals surface area contributed by atoms with Gasteiger partial charge in [0.25, 0.3) is 0 Å². The van der Waals surface area contributed by atoms with Gasteiger partial charge >= 0.3 is 0 Å². The van der Waals surface area contributed by atoms with Crippen molar-refractivity contribution in [2.24, 2.45) is 0 Å². The van der Waals surface area contributed by atoms with Crippen LogP contribution in [0.4, 0.5) is 0 Å². The first-order valence-corrected chi connectivity index (χ1v) is 5.03. The highest BCUT2D eigenvalue weighted by atomic mass is 16.5. The van der Waals surface area contributed by atoms with E-state index < -0.39 is 0 Å². The number of aromatic nitrogens is 2. The molecule has 0 spiro atoms. The van der Waals surface area contributed by atoms with Crippen LogP contribution in [0, 0.1) is 6.92 Å². The summed E-state index contributed by atoms with van der Waals surface area (Å²) in [4.78, 5) is 15.7. The van der Waals surface area contributed by atoms with Gasteiger partial charge in [-0.15, -0.1) is 0 Å². The molecule has 88 valence electrons. The van der Waals surface area contributed by atoms with Gasteiger partial charge in [-0.05, 0) is 6.92 Å². The van der Waals surface area contributed by atoms with Gasteiger partial charge in [-0.2, -0.15) is 0 Å². The molecule has 0 radical (unpaired) electrons. The highest BCUT2D eigenvalue weighted by molar-refractivity contribution is 5.75. The Balaban J connectivity index is 2.63. The fourth-order valence-corrected chi connectivity index (χ4v) is 1.37. The number of hydrogen-bond donors (Lipinski definition) is 1. The van der Waals surface area contributed by atoms with Gasteiger partial charge in [0, 0.05) is 13.7 Å². The molecule has 1 aromatic rings. The average Bonchev–Trinajstić information content (AvgIpc) is 2.46. The molecule has 0 atom stereocenters. The smallest absolute Gasteiger partial charge is 0.240 e. The van der Waals surface area contributed by atoms with Crippen molar-refractivity contribution in [2.75, 3.05) is 20.3 Å². The number of imidazole rings is 1. The second-order valence-electron chi connectivity index (χ2n) is 3.48. The van der Waals surface area contributed by atoms with Crippen LogP contribution >= 0.6 is 0 Å². The Morgan fingerprint density at radius 2 is 2.25 bits per heavy atom. The number of aryl methyl sites for hydroxylation is 1. The number of rotatable bonds is 5. The molecule has 5 nitrogen and oxygen atoms in total. The minimum Gasteiger partial charge on any atom is -0.383 e. The van der Waals surface area contributed by atoms with Crippen molar-refractivity contribution in [2.45, 2.75) is 13.5 Å². The molecular formula is C11H17N3O2. The van der Waals surface area contributed by atoms with Crippen molar-refractivity contribution in [3.8, 4) is 0 Å². The number of amides is 1. The topological polar surface area (TPSA) is 56.2 Å². The molecule has 1 amide bonds. The van der Waals surface area contributed by atoms with Crippen molar-refractivity contribution in [1.82, 2.24) is 14.9 Å². The lowest BCUT2D eigenvalue weighted by molar-refractivity contribution is -0.121. The summed E-state index contributed by atoms with van der Waals surface area (Å²) in [6.07, 6.45) is 0. The largest absolute Gasteiger partial charge is 0.383 e. The number of ether oxygens (including phenoxy) is 1. The molecular weight excluding hydrogens is 206 g/mol. The van der Waals surface area contributed by atoms with Gasteiger partial charge in [-0.1, -0.05) is 13.2 Å². The van der Waals surface area contributed by atoms with Crippen LogP contribution in [0.15, 0.2) is 0 Å². The Hall–Kier alpha value is -1.62. The normalized spacial score (nSPS) is 10.4. The van der Waals surface area contributed by atoms with E-state index in [9.17, 15) is 4.79 Å². The van der Waals surface area contributed by atoms with Gasteiger partial charge < -0.3 is 14.6 Å². The Labute approximate surface area is 94.4 Å². The highest BCUT2D eigenvalue weighted by Crippen LogP contribution is 1.85. The number of nitrogens with one attached hydrogen (secondary N) is 1. The summed E-state index contributed by atoms with van der Waals surface area (Å²) in [5.41, 5.74) is 0. The standard InChI is InChI=1S/C11H17N3O2/c1-8-9(2)14(10(3)13-8)7-11(15)12-5-6-16-4/h1-2,5-7H2,3-4H3,(H,12,15). The number of nitrogens with zero attached hydrogens (tertiary/aromatic N) is 2. The predicted molar refractivity (Wildman–Crippen MR) is 62.1 cm³/mol. The molecule has 5 heteroatoms. The maximum absolute atomic E-state index is 11.5. The number of hydrogen-bond acceptors (Lipinski definition) is 3. The summed E-state index contributed by atoms with van der Waals surface area (Å²) < 4.78 is 6.58. The van der Waals surface area contributed by atoms with E-state index in [0.717, 1.165) is 5.82 Å². The summed E-state index contributed by atoms with van der Waals surface area (Å²) in [6.45, 7) is 10.6. The van der Waals surface area contributed by atoms with E-state index in [1.807, 2.05) is 6.92 Å². The van der Waals surface area contributed by atoms with E-state index in [2.05, 4.69) is 23.5 Å². The maximum atomic E-state index is 11.5. The number of carbonyl (C=O) groups excluding carboxylic acids is 1. The highest BCUT2D eigenvalue weighted by Gasteiger charge is 2.06. The molecule has 0 aromatic carbocycles. The average molecular weight is 223 g/mol. The second kappa shape index (κ2) is 5.46. The molecule has 16 heavy (non-hydrogen) atoms. The molecule has 0 fully saturated rings. The Bertz CT molecular complexity index is 464. The Morgan fingerprint density at radius 3 is 2.75 bits per heavy atom. The molecule has 1 aromatic heterocycles. The lowest BCUT2D eigenvalue weighted by Gasteiger charge is -2.06. The van der Waals surface area contributed by atoms with Gasteiger partial charge in [0.15, 0.2) is 0 Å². The zero-order valence-corrected chi connectivity index (χ0v) is 9.75. The molecule has 0 unspecified atom stereocenters. The van der Waals surface area contributed by atoms with Crippen molar-refractivity contribution >= 4 is 19.1 Å². The SMILES string of the molecule is C=c1nc(C)n(CC(=O)NCCOC)c1=C. The molecule has 1 heterocycles. The molecule has 0 aliphatic rings. The molecule has 0 saturated heterocycles. The van der Waals surface area contributed by atoms with Gasteiger partial charge in [0.2, 0.25) is 5.91 Å². The van der Waals surface area contributed by atoms with E-state index in [1.165, 1.54) is 0 Å².